The molecule has 1 saturated carbocycles. The van der Waals surface area contributed by atoms with E-state index in [4.69, 9.17) is 9.47 Å². The highest BCUT2D eigenvalue weighted by atomic mass is 16.7. The first-order chi connectivity index (χ1) is 10.7. The van der Waals surface area contributed by atoms with Gasteiger partial charge in [-0.1, -0.05) is 0 Å². The van der Waals surface area contributed by atoms with E-state index in [0.717, 1.165) is 7.11 Å². The standard InChI is InChI=1S/C15H16O8/c1-12-6-22-10(17)14(12,19)9-5-13(4-7(16)3-8(12)13)15(20,23-9)11(18)21-2/h3,9,19-20H,4-6H2,1-2H3/t9-,12+,13+,14-,15+/m1/s1. The molecule has 0 aromatic heterocycles. The van der Waals surface area contributed by atoms with Gasteiger partial charge in [-0.15, -0.1) is 0 Å². The van der Waals surface area contributed by atoms with Crippen molar-refractivity contribution in [2.24, 2.45) is 10.8 Å². The molecular formula is C15H16O8. The molecule has 2 aliphatic heterocycles. The van der Waals surface area contributed by atoms with Gasteiger partial charge in [-0.2, -0.15) is 0 Å². The number of ketones is 1. The zero-order chi connectivity index (χ0) is 16.8. The molecular weight excluding hydrogens is 308 g/mol. The Balaban J connectivity index is 2.00. The fourth-order valence-corrected chi connectivity index (χ4v) is 4.77. The average molecular weight is 324 g/mol. The van der Waals surface area contributed by atoms with Crippen LogP contribution in [0.15, 0.2) is 11.6 Å². The van der Waals surface area contributed by atoms with E-state index in [9.17, 15) is 24.6 Å². The van der Waals surface area contributed by atoms with E-state index in [1.807, 2.05) is 0 Å². The second kappa shape index (κ2) is 3.82. The molecule has 0 radical (unpaired) electrons. The van der Waals surface area contributed by atoms with E-state index in [1.54, 1.807) is 6.92 Å². The summed E-state index contributed by atoms with van der Waals surface area (Å²) in [7, 11) is 1.09. The van der Waals surface area contributed by atoms with Crippen LogP contribution >= 0.6 is 0 Å². The minimum absolute atomic E-state index is 0.0443. The molecule has 8 heteroatoms. The Bertz CT molecular complexity index is 698. The monoisotopic (exact) mass is 324 g/mol. The van der Waals surface area contributed by atoms with Crippen molar-refractivity contribution in [1.82, 2.24) is 0 Å². The number of cyclic esters (lactones) is 1. The third-order valence-electron chi connectivity index (χ3n) is 5.96. The largest absolute Gasteiger partial charge is 0.465 e. The Morgan fingerprint density at radius 3 is 2.74 bits per heavy atom. The highest BCUT2D eigenvalue weighted by Crippen LogP contribution is 2.70. The Kier molecular flexibility index (Phi) is 2.46. The molecule has 3 fully saturated rings. The number of hydrogen-bond donors (Lipinski definition) is 2. The quantitative estimate of drug-likeness (QED) is 0.579. The Morgan fingerprint density at radius 1 is 1.39 bits per heavy atom. The third kappa shape index (κ3) is 1.25. The number of carbonyl (C=O) groups excluding carboxylic acids is 3. The van der Waals surface area contributed by atoms with Crippen molar-refractivity contribution in [1.29, 1.82) is 0 Å². The molecule has 0 amide bonds. The summed E-state index contributed by atoms with van der Waals surface area (Å²) in [5.74, 6) is -4.67. The first-order valence-electron chi connectivity index (χ1n) is 7.29. The van der Waals surface area contributed by atoms with Crippen LogP contribution in [-0.2, 0) is 28.6 Å². The number of esters is 2. The van der Waals surface area contributed by atoms with E-state index in [1.165, 1.54) is 6.08 Å². The maximum absolute atomic E-state index is 12.2. The molecule has 8 nitrogen and oxygen atoms in total. The molecule has 2 saturated heterocycles. The van der Waals surface area contributed by atoms with Gasteiger partial charge < -0.3 is 24.4 Å². The van der Waals surface area contributed by atoms with Crippen molar-refractivity contribution in [2.75, 3.05) is 13.7 Å². The maximum Gasteiger partial charge on any atom is 0.367 e. The Labute approximate surface area is 131 Å². The number of methoxy groups -OCH3 is 1. The van der Waals surface area contributed by atoms with Gasteiger partial charge in [0.25, 0.3) is 5.79 Å². The number of carbonyl (C=O) groups is 3. The van der Waals surface area contributed by atoms with Gasteiger partial charge in [-0.05, 0) is 25.0 Å². The van der Waals surface area contributed by atoms with E-state index in [-0.39, 0.29) is 25.2 Å². The third-order valence-corrected chi connectivity index (χ3v) is 5.96. The molecule has 0 aromatic carbocycles. The highest BCUT2D eigenvalue weighted by molar-refractivity contribution is 5.99. The molecule has 1 spiro atoms. The van der Waals surface area contributed by atoms with Crippen LogP contribution in [0.4, 0.5) is 0 Å². The van der Waals surface area contributed by atoms with Crippen molar-refractivity contribution in [3.63, 3.8) is 0 Å². The minimum Gasteiger partial charge on any atom is -0.465 e. The topological polar surface area (TPSA) is 119 Å². The van der Waals surface area contributed by atoms with Crippen LogP contribution in [0.1, 0.15) is 19.8 Å². The summed E-state index contributed by atoms with van der Waals surface area (Å²) in [6.07, 6.45) is -0.0809. The van der Waals surface area contributed by atoms with E-state index < -0.39 is 40.3 Å². The van der Waals surface area contributed by atoms with Gasteiger partial charge in [-0.25, -0.2) is 9.59 Å². The molecule has 0 aromatic rings. The molecule has 23 heavy (non-hydrogen) atoms. The number of ether oxygens (including phenoxy) is 3. The van der Waals surface area contributed by atoms with Gasteiger partial charge in [0.15, 0.2) is 5.78 Å². The summed E-state index contributed by atoms with van der Waals surface area (Å²) < 4.78 is 15.2. The molecule has 0 unspecified atom stereocenters. The number of aliphatic hydroxyl groups is 2. The Hall–Kier alpha value is -1.77. The zero-order valence-electron chi connectivity index (χ0n) is 12.6. The first-order valence-corrected chi connectivity index (χ1v) is 7.29. The van der Waals surface area contributed by atoms with Crippen LogP contribution in [0.2, 0.25) is 0 Å². The van der Waals surface area contributed by atoms with Crippen molar-refractivity contribution >= 4 is 17.7 Å². The number of rotatable bonds is 1. The lowest BCUT2D eigenvalue weighted by Gasteiger charge is -2.48. The SMILES string of the molecule is COC(=O)[C@]1(O)O[C@@H]2C[C@]13CC(=O)C=C3[C@]1(C)COC(=O)[C@]21O. The highest BCUT2D eigenvalue weighted by Gasteiger charge is 2.83. The second-order valence-electron chi connectivity index (χ2n) is 6.90. The molecule has 5 atom stereocenters. The first kappa shape index (κ1) is 14.8. The second-order valence-corrected chi connectivity index (χ2v) is 6.90. The van der Waals surface area contributed by atoms with Crippen LogP contribution in [-0.4, -0.2) is 59.1 Å². The fourth-order valence-electron chi connectivity index (χ4n) is 4.77. The van der Waals surface area contributed by atoms with E-state index in [2.05, 4.69) is 4.74 Å². The normalized spacial score (nSPS) is 50.3. The van der Waals surface area contributed by atoms with Gasteiger partial charge in [0.2, 0.25) is 5.60 Å². The summed E-state index contributed by atoms with van der Waals surface area (Å²) in [6, 6.07) is 0. The summed E-state index contributed by atoms with van der Waals surface area (Å²) in [5.41, 5.74) is -4.36. The van der Waals surface area contributed by atoms with Gasteiger partial charge >= 0.3 is 11.9 Å². The molecule has 2 heterocycles. The van der Waals surface area contributed by atoms with Crippen molar-refractivity contribution < 1.29 is 38.8 Å². The molecule has 4 rings (SSSR count). The predicted octanol–water partition coefficient (Wildman–Crippen LogP) is -1.17. The molecule has 2 N–H and O–H groups in total. The molecule has 2 bridgehead atoms. The van der Waals surface area contributed by atoms with E-state index >= 15 is 0 Å². The van der Waals surface area contributed by atoms with Crippen LogP contribution in [0, 0.1) is 10.8 Å². The van der Waals surface area contributed by atoms with Gasteiger partial charge in [0.1, 0.15) is 12.7 Å². The summed E-state index contributed by atoms with van der Waals surface area (Å²) in [6.45, 7) is 1.43. The minimum atomic E-state index is -2.42. The fraction of sp³-hybridized carbons (Fsp3) is 0.667. The van der Waals surface area contributed by atoms with Crippen molar-refractivity contribution in [3.8, 4) is 0 Å². The summed E-state index contributed by atoms with van der Waals surface area (Å²) in [5, 5.41) is 22.0. The van der Waals surface area contributed by atoms with Crippen molar-refractivity contribution in [3.05, 3.63) is 11.6 Å². The average Bonchev–Trinajstić information content (AvgIpc) is 3.08. The molecule has 124 valence electrons. The predicted molar refractivity (Wildman–Crippen MR) is 70.6 cm³/mol. The lowest BCUT2D eigenvalue weighted by atomic mass is 9.53. The van der Waals surface area contributed by atoms with Crippen LogP contribution < -0.4 is 0 Å². The number of allylic oxidation sites excluding steroid dienone is 1. The lowest BCUT2D eigenvalue weighted by Crippen LogP contribution is -2.62. The van der Waals surface area contributed by atoms with Crippen molar-refractivity contribution in [2.45, 2.75) is 37.3 Å². The van der Waals surface area contributed by atoms with Gasteiger partial charge in [-0.3, -0.25) is 4.79 Å². The van der Waals surface area contributed by atoms with Gasteiger partial charge in [0, 0.05) is 6.42 Å². The van der Waals surface area contributed by atoms with Crippen LogP contribution in [0.25, 0.3) is 0 Å². The van der Waals surface area contributed by atoms with Crippen LogP contribution in [0.5, 0.6) is 0 Å². The van der Waals surface area contributed by atoms with Gasteiger partial charge in [0.05, 0.1) is 17.9 Å². The molecule has 2 aliphatic carbocycles. The van der Waals surface area contributed by atoms with E-state index in [0.29, 0.717) is 5.57 Å². The number of hydrogen-bond acceptors (Lipinski definition) is 8. The zero-order valence-corrected chi connectivity index (χ0v) is 12.6. The Morgan fingerprint density at radius 2 is 2.09 bits per heavy atom. The smallest absolute Gasteiger partial charge is 0.367 e. The molecule has 4 aliphatic rings. The lowest BCUT2D eigenvalue weighted by molar-refractivity contribution is -0.250. The maximum atomic E-state index is 12.2. The summed E-state index contributed by atoms with van der Waals surface area (Å²) in [4.78, 5) is 36.5. The number of fused-ring (bicyclic) bond motifs is 4. The van der Waals surface area contributed by atoms with Crippen LogP contribution in [0.3, 0.4) is 0 Å². The summed E-state index contributed by atoms with van der Waals surface area (Å²) >= 11 is 0.